The van der Waals surface area contributed by atoms with Gasteiger partial charge in [0.15, 0.2) is 0 Å². The number of hydrazine groups is 1. The highest BCUT2D eigenvalue weighted by atomic mass is 15.4. The first-order valence-corrected chi connectivity index (χ1v) is 6.94. The van der Waals surface area contributed by atoms with Gasteiger partial charge in [-0.2, -0.15) is 20.1 Å². The Balaban J connectivity index is 1.77. The van der Waals surface area contributed by atoms with Crippen molar-refractivity contribution >= 4 is 17.8 Å². The summed E-state index contributed by atoms with van der Waals surface area (Å²) in [5.41, 5.74) is 3.53. The van der Waals surface area contributed by atoms with E-state index < -0.39 is 0 Å². The Morgan fingerprint density at radius 2 is 1.95 bits per heavy atom. The summed E-state index contributed by atoms with van der Waals surface area (Å²) in [4.78, 5) is 15.1. The predicted octanol–water partition coefficient (Wildman–Crippen LogP) is 0.103. The molecule has 1 fully saturated rings. The van der Waals surface area contributed by atoms with Crippen LogP contribution < -0.4 is 21.5 Å². The summed E-state index contributed by atoms with van der Waals surface area (Å²) in [7, 11) is 1.90. The minimum absolute atomic E-state index is 0.361. The molecule has 21 heavy (non-hydrogen) atoms. The van der Waals surface area contributed by atoms with Crippen molar-refractivity contribution in [1.29, 1.82) is 0 Å². The molecule has 1 saturated heterocycles. The van der Waals surface area contributed by atoms with E-state index in [1.165, 1.54) is 0 Å². The van der Waals surface area contributed by atoms with Gasteiger partial charge < -0.3 is 10.2 Å². The molecule has 3 heterocycles. The second-order valence-corrected chi connectivity index (χ2v) is 4.92. The van der Waals surface area contributed by atoms with E-state index >= 15 is 0 Å². The van der Waals surface area contributed by atoms with Gasteiger partial charge in [-0.05, 0) is 18.9 Å². The monoisotopic (exact) mass is 289 g/mol. The van der Waals surface area contributed by atoms with E-state index in [0.717, 1.165) is 31.6 Å². The van der Waals surface area contributed by atoms with Crippen LogP contribution in [0.1, 0.15) is 18.5 Å². The van der Waals surface area contributed by atoms with Gasteiger partial charge in [0.2, 0.25) is 17.8 Å². The van der Waals surface area contributed by atoms with Crippen molar-refractivity contribution in [2.75, 3.05) is 28.7 Å². The fourth-order valence-electron chi connectivity index (χ4n) is 2.31. The molecule has 112 valence electrons. The number of nitrogens with zero attached hydrogens (tertiary/aromatic N) is 6. The number of hydrogen-bond donors (Lipinski definition) is 3. The molecule has 9 nitrogen and oxygen atoms in total. The summed E-state index contributed by atoms with van der Waals surface area (Å²) in [6.45, 7) is 2.52. The fourth-order valence-corrected chi connectivity index (χ4v) is 2.31. The summed E-state index contributed by atoms with van der Waals surface area (Å²) in [6.07, 6.45) is 4.08. The van der Waals surface area contributed by atoms with E-state index in [0.29, 0.717) is 24.4 Å². The maximum Gasteiger partial charge on any atom is 0.243 e. The van der Waals surface area contributed by atoms with Crippen LogP contribution in [-0.2, 0) is 13.6 Å². The van der Waals surface area contributed by atoms with Crippen molar-refractivity contribution in [3.05, 3.63) is 18.0 Å². The van der Waals surface area contributed by atoms with E-state index in [-0.39, 0.29) is 0 Å². The summed E-state index contributed by atoms with van der Waals surface area (Å²) in [5, 5.41) is 7.31. The zero-order chi connectivity index (χ0) is 14.7. The van der Waals surface area contributed by atoms with Gasteiger partial charge in [0.05, 0.1) is 12.2 Å². The molecule has 2 aromatic rings. The number of nitrogen functional groups attached to an aromatic ring is 1. The lowest BCUT2D eigenvalue weighted by atomic mass is 10.4. The molecule has 4 N–H and O–H groups in total. The second-order valence-electron chi connectivity index (χ2n) is 4.92. The van der Waals surface area contributed by atoms with Crippen LogP contribution in [-0.4, -0.2) is 37.8 Å². The number of rotatable bonds is 5. The Kier molecular flexibility index (Phi) is 3.82. The van der Waals surface area contributed by atoms with Crippen molar-refractivity contribution in [3.63, 3.8) is 0 Å². The van der Waals surface area contributed by atoms with Crippen LogP contribution in [0.5, 0.6) is 0 Å². The van der Waals surface area contributed by atoms with E-state index in [9.17, 15) is 0 Å². The number of aromatic nitrogens is 5. The van der Waals surface area contributed by atoms with Gasteiger partial charge in [-0.25, -0.2) is 5.84 Å². The van der Waals surface area contributed by atoms with Crippen LogP contribution >= 0.6 is 0 Å². The smallest absolute Gasteiger partial charge is 0.243 e. The first-order valence-electron chi connectivity index (χ1n) is 6.94. The molecule has 1 aliphatic rings. The lowest BCUT2D eigenvalue weighted by Crippen LogP contribution is -2.23. The van der Waals surface area contributed by atoms with Gasteiger partial charge >= 0.3 is 0 Å². The van der Waals surface area contributed by atoms with E-state index in [1.54, 1.807) is 10.9 Å². The largest absolute Gasteiger partial charge is 0.348 e. The highest BCUT2D eigenvalue weighted by Crippen LogP contribution is 2.18. The molecule has 0 unspecified atom stereocenters. The Morgan fingerprint density at radius 1 is 1.19 bits per heavy atom. The molecule has 0 radical (unpaired) electrons. The predicted molar refractivity (Wildman–Crippen MR) is 79.6 cm³/mol. The topological polar surface area (TPSA) is 110 Å². The van der Waals surface area contributed by atoms with Gasteiger partial charge in [-0.3, -0.25) is 10.1 Å². The SMILES string of the molecule is Cn1nccc1CNc1nc(NN)nc(N2CCCC2)n1. The molecule has 0 aromatic carbocycles. The molecule has 0 bridgehead atoms. The van der Waals surface area contributed by atoms with Gasteiger partial charge in [0.1, 0.15) is 0 Å². The van der Waals surface area contributed by atoms with Crippen molar-refractivity contribution in [2.24, 2.45) is 12.9 Å². The third-order valence-corrected chi connectivity index (χ3v) is 3.49. The van der Waals surface area contributed by atoms with Gasteiger partial charge in [0.25, 0.3) is 0 Å². The van der Waals surface area contributed by atoms with Gasteiger partial charge in [-0.1, -0.05) is 0 Å². The standard InChI is InChI=1S/C12H19N9/c1-20-9(4-5-15-20)8-14-10-16-11(19-13)18-12(17-10)21-6-2-3-7-21/h4-5H,2-3,6-8,13H2,1H3,(H2,14,16,17,18,19). The average Bonchev–Trinajstić information content (AvgIpc) is 3.16. The lowest BCUT2D eigenvalue weighted by Gasteiger charge is -2.16. The molecule has 3 rings (SSSR count). The van der Waals surface area contributed by atoms with E-state index in [1.807, 2.05) is 13.1 Å². The van der Waals surface area contributed by atoms with Crippen molar-refractivity contribution in [1.82, 2.24) is 24.7 Å². The first kappa shape index (κ1) is 13.6. The van der Waals surface area contributed by atoms with Crippen LogP contribution in [0.25, 0.3) is 0 Å². The number of hydrogen-bond acceptors (Lipinski definition) is 8. The minimum Gasteiger partial charge on any atom is -0.348 e. The Morgan fingerprint density at radius 3 is 2.62 bits per heavy atom. The quantitative estimate of drug-likeness (QED) is 0.525. The summed E-state index contributed by atoms with van der Waals surface area (Å²) in [6, 6.07) is 1.94. The van der Waals surface area contributed by atoms with E-state index in [2.05, 4.69) is 35.7 Å². The molecule has 0 saturated carbocycles. The molecular weight excluding hydrogens is 270 g/mol. The fraction of sp³-hybridized carbons (Fsp3) is 0.500. The normalized spacial score (nSPS) is 14.5. The zero-order valence-electron chi connectivity index (χ0n) is 12.0. The number of nitrogens with one attached hydrogen (secondary N) is 2. The summed E-state index contributed by atoms with van der Waals surface area (Å²) in [5.74, 6) is 6.96. The first-order chi connectivity index (χ1) is 10.3. The van der Waals surface area contributed by atoms with Crippen LogP contribution in [0, 0.1) is 0 Å². The average molecular weight is 289 g/mol. The van der Waals surface area contributed by atoms with Crippen LogP contribution in [0.15, 0.2) is 12.3 Å². The maximum atomic E-state index is 5.44. The number of nitrogens with two attached hydrogens (primary N) is 1. The van der Waals surface area contributed by atoms with Crippen LogP contribution in [0.3, 0.4) is 0 Å². The molecule has 0 aliphatic carbocycles. The minimum atomic E-state index is 0.361. The second kappa shape index (κ2) is 5.92. The maximum absolute atomic E-state index is 5.44. The van der Waals surface area contributed by atoms with Crippen LogP contribution in [0.4, 0.5) is 17.8 Å². The Labute approximate surface area is 122 Å². The molecule has 0 atom stereocenters. The molecule has 9 heteroatoms. The molecular formula is C12H19N9. The van der Waals surface area contributed by atoms with Crippen molar-refractivity contribution in [3.8, 4) is 0 Å². The summed E-state index contributed by atoms with van der Waals surface area (Å²) < 4.78 is 1.80. The third-order valence-electron chi connectivity index (χ3n) is 3.49. The molecule has 0 amide bonds. The highest BCUT2D eigenvalue weighted by molar-refractivity contribution is 5.43. The van der Waals surface area contributed by atoms with Gasteiger partial charge in [0, 0.05) is 26.3 Å². The third kappa shape index (κ3) is 3.02. The number of aryl methyl sites for hydroxylation is 1. The van der Waals surface area contributed by atoms with Crippen molar-refractivity contribution in [2.45, 2.75) is 19.4 Å². The van der Waals surface area contributed by atoms with E-state index in [4.69, 9.17) is 5.84 Å². The molecule has 1 aliphatic heterocycles. The van der Waals surface area contributed by atoms with Crippen LogP contribution in [0.2, 0.25) is 0 Å². The Bertz CT molecular complexity index is 603. The Hall–Kier alpha value is -2.42. The van der Waals surface area contributed by atoms with Crippen molar-refractivity contribution < 1.29 is 0 Å². The lowest BCUT2D eigenvalue weighted by molar-refractivity contribution is 0.718. The molecule has 2 aromatic heterocycles. The van der Waals surface area contributed by atoms with Gasteiger partial charge in [-0.15, -0.1) is 0 Å². The highest BCUT2D eigenvalue weighted by Gasteiger charge is 2.17. The summed E-state index contributed by atoms with van der Waals surface area (Å²) >= 11 is 0. The molecule has 0 spiro atoms. The number of anilines is 3. The zero-order valence-corrected chi connectivity index (χ0v) is 12.0.